The smallest absolute Gasteiger partial charge is 0.0240 e. The Morgan fingerprint density at radius 3 is 2.19 bits per heavy atom. The zero-order valence-electron chi connectivity index (χ0n) is 12.2. The molecule has 0 spiro atoms. The number of likely N-dealkylation sites (N-methyl/N-ethyl adjacent to an activating group) is 1. The van der Waals surface area contributed by atoms with Crippen molar-refractivity contribution in [2.75, 3.05) is 26.7 Å². The molecule has 98 valence electrons. The fraction of sp³-hybridized carbons (Fsp3) is 1.00. The Hall–Kier alpha value is -0.0800. The summed E-state index contributed by atoms with van der Waals surface area (Å²) in [6.07, 6.45) is 2.50. The van der Waals surface area contributed by atoms with Gasteiger partial charge in [0.1, 0.15) is 0 Å². The summed E-state index contributed by atoms with van der Waals surface area (Å²) in [7, 11) is 2.27. The fourth-order valence-corrected chi connectivity index (χ4v) is 2.08. The van der Waals surface area contributed by atoms with Crippen LogP contribution in [-0.4, -0.2) is 37.6 Å². The van der Waals surface area contributed by atoms with Crippen molar-refractivity contribution in [1.29, 1.82) is 0 Å². The van der Waals surface area contributed by atoms with E-state index in [2.05, 4.69) is 51.9 Å². The first kappa shape index (κ1) is 15.9. The van der Waals surface area contributed by atoms with E-state index in [1.165, 1.54) is 19.4 Å². The Morgan fingerprint density at radius 1 is 1.12 bits per heavy atom. The minimum Gasteiger partial charge on any atom is -0.315 e. The van der Waals surface area contributed by atoms with E-state index in [-0.39, 0.29) is 0 Å². The Balaban J connectivity index is 4.07. The van der Waals surface area contributed by atoms with E-state index in [0.29, 0.717) is 6.04 Å². The molecule has 0 heterocycles. The van der Waals surface area contributed by atoms with E-state index in [9.17, 15) is 0 Å². The van der Waals surface area contributed by atoms with Crippen LogP contribution in [0.15, 0.2) is 0 Å². The minimum absolute atomic E-state index is 0.667. The summed E-state index contributed by atoms with van der Waals surface area (Å²) >= 11 is 0. The molecule has 0 aliphatic carbocycles. The molecule has 0 saturated heterocycles. The molecular weight excluding hydrogens is 196 g/mol. The van der Waals surface area contributed by atoms with Gasteiger partial charge < -0.3 is 10.2 Å². The van der Waals surface area contributed by atoms with Gasteiger partial charge in [-0.05, 0) is 31.8 Å². The first-order valence-electron chi connectivity index (χ1n) is 6.93. The van der Waals surface area contributed by atoms with Gasteiger partial charge in [0.15, 0.2) is 0 Å². The van der Waals surface area contributed by atoms with Crippen LogP contribution < -0.4 is 5.32 Å². The van der Waals surface area contributed by atoms with Crippen molar-refractivity contribution in [3.05, 3.63) is 0 Å². The van der Waals surface area contributed by atoms with Crippen molar-refractivity contribution in [2.24, 2.45) is 11.8 Å². The molecule has 0 bridgehead atoms. The summed E-state index contributed by atoms with van der Waals surface area (Å²) in [6.45, 7) is 15.0. The SMILES string of the molecule is CCCNCC(C(C)C)N(C)CC(C)CC. The maximum atomic E-state index is 3.55. The summed E-state index contributed by atoms with van der Waals surface area (Å²) in [5.74, 6) is 1.52. The third kappa shape index (κ3) is 6.49. The van der Waals surface area contributed by atoms with Crippen molar-refractivity contribution in [2.45, 2.75) is 53.5 Å². The molecule has 0 aromatic rings. The van der Waals surface area contributed by atoms with E-state index < -0.39 is 0 Å². The molecule has 0 aromatic carbocycles. The van der Waals surface area contributed by atoms with Crippen LogP contribution in [0, 0.1) is 11.8 Å². The van der Waals surface area contributed by atoms with Crippen LogP contribution in [0.1, 0.15) is 47.5 Å². The third-order valence-corrected chi connectivity index (χ3v) is 3.41. The van der Waals surface area contributed by atoms with Gasteiger partial charge in [0.2, 0.25) is 0 Å². The average molecular weight is 228 g/mol. The lowest BCUT2D eigenvalue weighted by atomic mass is 10.0. The average Bonchev–Trinajstić information content (AvgIpc) is 2.23. The molecule has 2 nitrogen and oxygen atoms in total. The second-order valence-electron chi connectivity index (χ2n) is 5.47. The summed E-state index contributed by atoms with van der Waals surface area (Å²) < 4.78 is 0. The second kappa shape index (κ2) is 9.00. The predicted octanol–water partition coefficient (Wildman–Crippen LogP) is 2.99. The monoisotopic (exact) mass is 228 g/mol. The van der Waals surface area contributed by atoms with Crippen LogP contribution in [0.2, 0.25) is 0 Å². The Labute approximate surface area is 103 Å². The van der Waals surface area contributed by atoms with Crippen LogP contribution in [0.25, 0.3) is 0 Å². The first-order valence-corrected chi connectivity index (χ1v) is 6.93. The zero-order valence-corrected chi connectivity index (χ0v) is 12.2. The van der Waals surface area contributed by atoms with Crippen molar-refractivity contribution < 1.29 is 0 Å². The van der Waals surface area contributed by atoms with Gasteiger partial charge >= 0.3 is 0 Å². The van der Waals surface area contributed by atoms with Crippen molar-refractivity contribution >= 4 is 0 Å². The van der Waals surface area contributed by atoms with Gasteiger partial charge in [-0.15, -0.1) is 0 Å². The topological polar surface area (TPSA) is 15.3 Å². The highest BCUT2D eigenvalue weighted by atomic mass is 15.2. The number of nitrogens with zero attached hydrogens (tertiary/aromatic N) is 1. The fourth-order valence-electron chi connectivity index (χ4n) is 2.08. The normalized spacial score (nSPS) is 15.8. The maximum absolute atomic E-state index is 3.55. The van der Waals surface area contributed by atoms with E-state index >= 15 is 0 Å². The molecule has 16 heavy (non-hydrogen) atoms. The number of nitrogens with one attached hydrogen (secondary N) is 1. The van der Waals surface area contributed by atoms with E-state index in [4.69, 9.17) is 0 Å². The highest BCUT2D eigenvalue weighted by Gasteiger charge is 2.19. The second-order valence-corrected chi connectivity index (χ2v) is 5.47. The molecule has 2 heteroatoms. The standard InChI is InChI=1S/C14H32N2/c1-7-9-15-10-14(12(3)4)16(6)11-13(5)8-2/h12-15H,7-11H2,1-6H3. The molecule has 0 aliphatic rings. The van der Waals surface area contributed by atoms with Crippen LogP contribution in [-0.2, 0) is 0 Å². The minimum atomic E-state index is 0.667. The number of rotatable bonds is 9. The van der Waals surface area contributed by atoms with Crippen molar-refractivity contribution in [1.82, 2.24) is 10.2 Å². The molecule has 0 saturated carbocycles. The lowest BCUT2D eigenvalue weighted by molar-refractivity contribution is 0.164. The molecule has 2 unspecified atom stereocenters. The van der Waals surface area contributed by atoms with Gasteiger partial charge in [-0.1, -0.05) is 41.0 Å². The maximum Gasteiger partial charge on any atom is 0.0240 e. The van der Waals surface area contributed by atoms with Crippen LogP contribution in [0.4, 0.5) is 0 Å². The van der Waals surface area contributed by atoms with Gasteiger partial charge in [0, 0.05) is 19.1 Å². The summed E-state index contributed by atoms with van der Waals surface area (Å²) in [5.41, 5.74) is 0. The van der Waals surface area contributed by atoms with Gasteiger partial charge in [0.25, 0.3) is 0 Å². The quantitative estimate of drug-likeness (QED) is 0.610. The van der Waals surface area contributed by atoms with E-state index in [1.807, 2.05) is 0 Å². The lowest BCUT2D eigenvalue weighted by Gasteiger charge is -2.33. The van der Waals surface area contributed by atoms with Crippen molar-refractivity contribution in [3.63, 3.8) is 0 Å². The zero-order chi connectivity index (χ0) is 12.6. The molecular formula is C14H32N2. The third-order valence-electron chi connectivity index (χ3n) is 3.41. The molecule has 1 N–H and O–H groups in total. The Kier molecular flexibility index (Phi) is 8.96. The highest BCUT2D eigenvalue weighted by molar-refractivity contribution is 4.75. The predicted molar refractivity (Wildman–Crippen MR) is 73.9 cm³/mol. The van der Waals surface area contributed by atoms with E-state index in [1.54, 1.807) is 0 Å². The van der Waals surface area contributed by atoms with Crippen LogP contribution >= 0.6 is 0 Å². The summed E-state index contributed by atoms with van der Waals surface area (Å²) in [6, 6.07) is 0.667. The molecule has 0 amide bonds. The summed E-state index contributed by atoms with van der Waals surface area (Å²) in [5, 5.41) is 3.55. The molecule has 2 atom stereocenters. The molecule has 0 aliphatic heterocycles. The molecule has 0 radical (unpaired) electrons. The van der Waals surface area contributed by atoms with Gasteiger partial charge in [-0.3, -0.25) is 0 Å². The van der Waals surface area contributed by atoms with E-state index in [0.717, 1.165) is 24.9 Å². The van der Waals surface area contributed by atoms with Gasteiger partial charge in [0.05, 0.1) is 0 Å². The number of hydrogen-bond acceptors (Lipinski definition) is 2. The summed E-state index contributed by atoms with van der Waals surface area (Å²) in [4.78, 5) is 2.53. The van der Waals surface area contributed by atoms with Crippen molar-refractivity contribution in [3.8, 4) is 0 Å². The Morgan fingerprint density at radius 2 is 1.75 bits per heavy atom. The molecule has 0 fully saturated rings. The largest absolute Gasteiger partial charge is 0.315 e. The Bertz CT molecular complexity index is 157. The molecule has 0 rings (SSSR count). The first-order chi connectivity index (χ1) is 7.52. The van der Waals surface area contributed by atoms with Gasteiger partial charge in [-0.25, -0.2) is 0 Å². The van der Waals surface area contributed by atoms with Gasteiger partial charge in [-0.2, -0.15) is 0 Å². The number of hydrogen-bond donors (Lipinski definition) is 1. The molecule has 0 aromatic heterocycles. The highest BCUT2D eigenvalue weighted by Crippen LogP contribution is 2.12. The van der Waals surface area contributed by atoms with Crippen LogP contribution in [0.5, 0.6) is 0 Å². The lowest BCUT2D eigenvalue weighted by Crippen LogP contribution is -2.45. The van der Waals surface area contributed by atoms with Crippen LogP contribution in [0.3, 0.4) is 0 Å².